The fourth-order valence-corrected chi connectivity index (χ4v) is 6.19. The molecule has 2 amide bonds. The van der Waals surface area contributed by atoms with Gasteiger partial charge in [0.2, 0.25) is 0 Å². The monoisotopic (exact) mass is 706 g/mol. The fourth-order valence-electron chi connectivity index (χ4n) is 6.19. The van der Waals surface area contributed by atoms with E-state index < -0.39 is 11.8 Å². The highest BCUT2D eigenvalue weighted by Gasteiger charge is 2.20. The highest BCUT2D eigenvalue weighted by atomic mass is 16.5. The van der Waals surface area contributed by atoms with Gasteiger partial charge in [0.25, 0.3) is 11.8 Å². The van der Waals surface area contributed by atoms with Crippen molar-refractivity contribution in [2.24, 2.45) is 0 Å². The Bertz CT molecular complexity index is 1750. The van der Waals surface area contributed by atoms with Crippen molar-refractivity contribution in [1.29, 1.82) is 0 Å². The van der Waals surface area contributed by atoms with Crippen LogP contribution in [0.15, 0.2) is 91.3 Å². The number of hydrogen-bond donors (Lipinski definition) is 4. The van der Waals surface area contributed by atoms with Crippen molar-refractivity contribution in [3.05, 3.63) is 114 Å². The molecule has 4 N–H and O–H groups in total. The molecule has 0 saturated carbocycles. The number of benzene rings is 2. The normalized spacial score (nSPS) is 14.8. The van der Waals surface area contributed by atoms with Crippen molar-refractivity contribution in [2.45, 2.75) is 39.5 Å². The van der Waals surface area contributed by atoms with E-state index in [1.165, 1.54) is 23.1 Å². The first-order valence-electron chi connectivity index (χ1n) is 17.8. The summed E-state index contributed by atoms with van der Waals surface area (Å²) in [6.45, 7) is 16.1. The summed E-state index contributed by atoms with van der Waals surface area (Å²) < 4.78 is 0. The van der Waals surface area contributed by atoms with Crippen LogP contribution in [0, 0.1) is 0 Å². The third-order valence-electron chi connectivity index (χ3n) is 9.41. The van der Waals surface area contributed by atoms with Gasteiger partial charge in [-0.2, -0.15) is 0 Å². The van der Waals surface area contributed by atoms with Crippen LogP contribution in [0.25, 0.3) is 6.08 Å². The summed E-state index contributed by atoms with van der Waals surface area (Å²) in [7, 11) is 0. The molecule has 2 fully saturated rings. The Kier molecular flexibility index (Phi) is 13.2. The zero-order chi connectivity index (χ0) is 37.0. The molecule has 2 saturated heterocycles. The molecule has 0 aliphatic carbocycles. The van der Waals surface area contributed by atoms with Gasteiger partial charge in [0.1, 0.15) is 0 Å². The van der Waals surface area contributed by atoms with Crippen molar-refractivity contribution < 1.29 is 20.0 Å². The Morgan fingerprint density at radius 3 is 1.31 bits per heavy atom. The van der Waals surface area contributed by atoms with E-state index in [2.05, 4.69) is 93.7 Å². The zero-order valence-electron chi connectivity index (χ0n) is 30.4. The van der Waals surface area contributed by atoms with Crippen molar-refractivity contribution in [3.63, 3.8) is 0 Å². The maximum Gasteiger partial charge on any atom is 0.274 e. The standard InChI is InChI=1S/C21H26N4O2.C19H24N4O2/c1-16(2)20-9-8-19(15-22-20)25-13-11-24(12-14-25)18-6-3-17(4-7-18)5-10-21(26)23-27;1-14(2)18-8-7-17(13-20-18)23-11-9-22(10-12-23)16-5-3-15(4-6-16)19(24)21-25/h3-10,15-16,27H,11-14H2,1-2H3,(H,23,26);3-8,13-14,25H,9-12H2,1-2H3,(H,21,24)/b10-5+;. The maximum atomic E-state index is 11.4. The topological polar surface area (TPSA) is 137 Å². The van der Waals surface area contributed by atoms with E-state index in [1.54, 1.807) is 29.2 Å². The number of pyridine rings is 2. The maximum absolute atomic E-state index is 11.4. The van der Waals surface area contributed by atoms with Gasteiger partial charge in [0.15, 0.2) is 0 Å². The molecular weight excluding hydrogens is 656 g/mol. The van der Waals surface area contributed by atoms with E-state index >= 15 is 0 Å². The second kappa shape index (κ2) is 18.2. The van der Waals surface area contributed by atoms with Crippen LogP contribution in [-0.2, 0) is 4.79 Å². The number of carbonyl (C=O) groups is 2. The van der Waals surface area contributed by atoms with Gasteiger partial charge in [0.05, 0.1) is 23.8 Å². The van der Waals surface area contributed by atoms with Gasteiger partial charge in [-0.15, -0.1) is 0 Å². The number of anilines is 4. The van der Waals surface area contributed by atoms with Gasteiger partial charge in [-0.1, -0.05) is 39.8 Å². The average Bonchev–Trinajstić information content (AvgIpc) is 3.20. The third kappa shape index (κ3) is 10.1. The van der Waals surface area contributed by atoms with Gasteiger partial charge in [-0.05, 0) is 84.1 Å². The predicted molar refractivity (Wildman–Crippen MR) is 207 cm³/mol. The summed E-state index contributed by atoms with van der Waals surface area (Å²) in [5.74, 6) is -0.131. The van der Waals surface area contributed by atoms with Gasteiger partial charge in [0, 0.05) is 86.8 Å². The third-order valence-corrected chi connectivity index (χ3v) is 9.41. The van der Waals surface area contributed by atoms with E-state index in [9.17, 15) is 9.59 Å². The molecule has 2 aromatic carbocycles. The summed E-state index contributed by atoms with van der Waals surface area (Å²) in [5, 5.41) is 17.2. The zero-order valence-corrected chi connectivity index (χ0v) is 30.4. The lowest BCUT2D eigenvalue weighted by molar-refractivity contribution is -0.124. The van der Waals surface area contributed by atoms with Crippen LogP contribution in [0.1, 0.15) is 66.8 Å². The summed E-state index contributed by atoms with van der Waals surface area (Å²) in [4.78, 5) is 40.9. The largest absolute Gasteiger partial charge is 0.368 e. The number of hydroxylamine groups is 2. The van der Waals surface area contributed by atoms with Crippen LogP contribution < -0.4 is 30.6 Å². The van der Waals surface area contributed by atoms with Crippen molar-refractivity contribution in [2.75, 3.05) is 72.0 Å². The Morgan fingerprint density at radius 2 is 0.962 bits per heavy atom. The molecule has 274 valence electrons. The van der Waals surface area contributed by atoms with Crippen LogP contribution in [0.4, 0.5) is 22.7 Å². The quantitative estimate of drug-likeness (QED) is 0.0975. The molecule has 2 aliphatic heterocycles. The molecule has 2 aromatic heterocycles. The van der Waals surface area contributed by atoms with Crippen molar-refractivity contribution in [3.8, 4) is 0 Å². The van der Waals surface area contributed by atoms with Gasteiger partial charge < -0.3 is 19.6 Å². The minimum Gasteiger partial charge on any atom is -0.368 e. The fraction of sp³-hybridized carbons (Fsp3) is 0.350. The summed E-state index contributed by atoms with van der Waals surface area (Å²) in [5.41, 5.74) is 11.4. The summed E-state index contributed by atoms with van der Waals surface area (Å²) in [6, 6.07) is 23.9. The molecule has 4 heterocycles. The number of piperazine rings is 2. The minimum atomic E-state index is -0.536. The second-order valence-electron chi connectivity index (χ2n) is 13.5. The van der Waals surface area contributed by atoms with Crippen LogP contribution >= 0.6 is 0 Å². The number of nitrogens with zero attached hydrogens (tertiary/aromatic N) is 6. The number of rotatable bonds is 9. The van der Waals surface area contributed by atoms with E-state index in [1.807, 2.05) is 36.7 Å². The summed E-state index contributed by atoms with van der Waals surface area (Å²) >= 11 is 0. The highest BCUT2D eigenvalue weighted by Crippen LogP contribution is 2.24. The van der Waals surface area contributed by atoms with E-state index in [-0.39, 0.29) is 0 Å². The molecule has 0 spiro atoms. The highest BCUT2D eigenvalue weighted by molar-refractivity contribution is 5.93. The lowest BCUT2D eigenvalue weighted by atomic mass is 10.1. The Morgan fingerprint density at radius 1 is 0.577 bits per heavy atom. The van der Waals surface area contributed by atoms with Gasteiger partial charge >= 0.3 is 0 Å². The molecule has 0 radical (unpaired) electrons. The second-order valence-corrected chi connectivity index (χ2v) is 13.5. The molecule has 52 heavy (non-hydrogen) atoms. The van der Waals surface area contributed by atoms with Crippen molar-refractivity contribution in [1.82, 2.24) is 20.9 Å². The molecule has 0 bridgehead atoms. The number of carbonyl (C=O) groups excluding carboxylic acids is 2. The molecule has 6 rings (SSSR count). The molecule has 12 heteroatoms. The Labute approximate surface area is 306 Å². The first kappa shape index (κ1) is 37.8. The van der Waals surface area contributed by atoms with E-state index in [4.69, 9.17) is 10.4 Å². The lowest BCUT2D eigenvalue weighted by Gasteiger charge is -2.37. The van der Waals surface area contributed by atoms with Gasteiger partial charge in [-0.3, -0.25) is 30.0 Å². The van der Waals surface area contributed by atoms with Crippen LogP contribution in [0.2, 0.25) is 0 Å². The molecule has 2 aliphatic rings. The average molecular weight is 707 g/mol. The number of amides is 2. The smallest absolute Gasteiger partial charge is 0.274 e. The Balaban J connectivity index is 0.000000202. The molecule has 4 aromatic rings. The van der Waals surface area contributed by atoms with E-state index in [0.29, 0.717) is 17.4 Å². The first-order valence-corrected chi connectivity index (χ1v) is 17.8. The number of aromatic nitrogens is 2. The predicted octanol–water partition coefficient (Wildman–Crippen LogP) is 5.70. The first-order chi connectivity index (χ1) is 25.1. The van der Waals surface area contributed by atoms with Crippen molar-refractivity contribution >= 4 is 40.6 Å². The molecular formula is C40H50N8O4. The van der Waals surface area contributed by atoms with Gasteiger partial charge in [-0.25, -0.2) is 11.0 Å². The Hall–Kier alpha value is -5.46. The van der Waals surface area contributed by atoms with E-state index in [0.717, 1.165) is 75.0 Å². The number of nitrogens with one attached hydrogen (secondary N) is 2. The lowest BCUT2D eigenvalue weighted by Crippen LogP contribution is -2.46. The van der Waals surface area contributed by atoms with Crippen LogP contribution in [-0.4, -0.2) is 84.6 Å². The van der Waals surface area contributed by atoms with Crippen LogP contribution in [0.5, 0.6) is 0 Å². The number of hydrogen-bond acceptors (Lipinski definition) is 10. The molecule has 0 atom stereocenters. The minimum absolute atomic E-state index is 0.446. The van der Waals surface area contributed by atoms with Crippen LogP contribution in [0.3, 0.4) is 0 Å². The summed E-state index contributed by atoms with van der Waals surface area (Å²) in [6.07, 6.45) is 6.91. The molecule has 12 nitrogen and oxygen atoms in total. The molecule has 0 unspecified atom stereocenters. The SMILES string of the molecule is CC(C)c1ccc(N2CCN(c3ccc(/C=C/C(=O)NO)cc3)CC2)cn1.CC(C)c1ccc(N2CCN(c3ccc(C(=O)NO)cc3)CC2)cn1.